The summed E-state index contributed by atoms with van der Waals surface area (Å²) in [6, 6.07) is 16.4. The average molecular weight is 568 g/mol. The van der Waals surface area contributed by atoms with Crippen LogP contribution in [-0.2, 0) is 6.54 Å². The molecule has 0 saturated carbocycles. The highest BCUT2D eigenvalue weighted by Gasteiger charge is 2.11. The van der Waals surface area contributed by atoms with Gasteiger partial charge in [-0.1, -0.05) is 38.3 Å². The summed E-state index contributed by atoms with van der Waals surface area (Å²) in [5, 5.41) is 2.63. The number of amides is 1. The Morgan fingerprint density at radius 1 is 0.975 bits per heavy atom. The van der Waals surface area contributed by atoms with Crippen LogP contribution in [0.4, 0.5) is 4.79 Å². The second kappa shape index (κ2) is 16.0. The van der Waals surface area contributed by atoms with Crippen molar-refractivity contribution in [2.75, 3.05) is 26.7 Å². The molecule has 2 heterocycles. The van der Waals surface area contributed by atoms with E-state index >= 15 is 0 Å². The minimum Gasteiger partial charge on any atom is -1.00 e. The number of benzene rings is 2. The maximum absolute atomic E-state index is 12.7. The van der Waals surface area contributed by atoms with Gasteiger partial charge in [-0.2, -0.15) is 4.79 Å². The Morgan fingerprint density at radius 3 is 2.67 bits per heavy atom. The molecule has 4 aromatic rings. The Hall–Kier alpha value is -3.46. The Bertz CT molecular complexity index is 1440. The maximum atomic E-state index is 12.7. The zero-order valence-electron chi connectivity index (χ0n) is 23.2. The molecule has 0 aliphatic rings. The first-order valence-electron chi connectivity index (χ1n) is 13.8. The molecule has 40 heavy (non-hydrogen) atoms. The van der Waals surface area contributed by atoms with Crippen LogP contribution in [-0.4, -0.2) is 42.7 Å². The van der Waals surface area contributed by atoms with Crippen molar-refractivity contribution in [3.05, 3.63) is 76.6 Å². The van der Waals surface area contributed by atoms with Gasteiger partial charge in [0.05, 0.1) is 23.9 Å². The van der Waals surface area contributed by atoms with Crippen molar-refractivity contribution in [3.63, 3.8) is 0 Å². The zero-order chi connectivity index (χ0) is 27.5. The van der Waals surface area contributed by atoms with Gasteiger partial charge >= 0.3 is 6.09 Å². The number of unbranched alkanes of at least 4 members (excludes halogenated alkanes) is 4. The van der Waals surface area contributed by atoms with Crippen molar-refractivity contribution in [1.29, 1.82) is 0 Å². The lowest BCUT2D eigenvalue weighted by Crippen LogP contribution is -3.00. The Labute approximate surface area is 241 Å². The molecule has 0 spiro atoms. The molecule has 9 heteroatoms. The molecule has 4 rings (SSSR count). The van der Waals surface area contributed by atoms with E-state index in [0.29, 0.717) is 40.2 Å². The van der Waals surface area contributed by atoms with E-state index in [1.54, 1.807) is 41.8 Å². The highest BCUT2D eigenvalue weighted by atomic mass is 35.5. The monoisotopic (exact) mass is 567 g/mol. The minimum absolute atomic E-state index is 0. The van der Waals surface area contributed by atoms with Crippen LogP contribution in [0.25, 0.3) is 22.1 Å². The van der Waals surface area contributed by atoms with Crippen molar-refractivity contribution >= 4 is 28.2 Å². The van der Waals surface area contributed by atoms with Gasteiger partial charge in [0.15, 0.2) is 0 Å². The van der Waals surface area contributed by atoms with Crippen LogP contribution in [0.15, 0.2) is 70.0 Å². The standard InChI is InChI=1S/C31H37N3O5.ClH/c1-3-4-5-6-7-16-33-31(36)38-25-12-8-11-23(20-25)22-34(2)18-10-19-37-24-14-15-26-28(21-24)39-30-27(29(26)35)13-9-17-32-30;/h8-9,11-15,17,20-21H,3-7,10,16,18-19,22H2,1-2H3,(H,33,36);1H. The van der Waals surface area contributed by atoms with Gasteiger partial charge in [0.25, 0.3) is 0 Å². The summed E-state index contributed by atoms with van der Waals surface area (Å²) in [6.07, 6.45) is 8.00. The number of hydrogen-bond acceptors (Lipinski definition) is 7. The van der Waals surface area contributed by atoms with Crippen LogP contribution in [0.2, 0.25) is 0 Å². The summed E-state index contributed by atoms with van der Waals surface area (Å²) in [5.74, 6) is 1.22. The number of fused-ring (bicyclic) bond motifs is 2. The van der Waals surface area contributed by atoms with Crippen LogP contribution in [0.1, 0.15) is 51.0 Å². The van der Waals surface area contributed by atoms with Gasteiger partial charge < -0.3 is 31.2 Å². The average Bonchev–Trinajstić information content (AvgIpc) is 2.93. The molecule has 214 valence electrons. The fourth-order valence-electron chi connectivity index (χ4n) is 4.51. The number of ether oxygens (including phenoxy) is 2. The summed E-state index contributed by atoms with van der Waals surface area (Å²) in [5.41, 5.74) is 1.77. The molecule has 0 fully saturated rings. The van der Waals surface area contributed by atoms with Gasteiger partial charge in [0.2, 0.25) is 11.1 Å². The van der Waals surface area contributed by atoms with Crippen molar-refractivity contribution < 1.29 is 36.4 Å². The maximum Gasteiger partial charge on any atom is 0.518 e. The molecule has 8 nitrogen and oxygen atoms in total. The quantitative estimate of drug-likeness (QED) is 0.184. The first kappa shape index (κ1) is 31.1. The van der Waals surface area contributed by atoms with Gasteiger partial charge in [-0.05, 0) is 68.3 Å². The third-order valence-electron chi connectivity index (χ3n) is 6.56. The lowest BCUT2D eigenvalue weighted by atomic mass is 10.1. The number of pyridine rings is 1. The Kier molecular flexibility index (Phi) is 12.4. The molecule has 0 aliphatic carbocycles. The number of nitrogens with zero attached hydrogens (tertiary/aromatic N) is 2. The van der Waals surface area contributed by atoms with Gasteiger partial charge in [-0.3, -0.25) is 4.79 Å². The number of halogens is 1. The van der Waals surface area contributed by atoms with Gasteiger partial charge in [-0.25, -0.2) is 10.3 Å². The normalized spacial score (nSPS) is 11.1. The van der Waals surface area contributed by atoms with E-state index in [4.69, 9.17) is 13.9 Å². The molecular formula is C31H38ClN3O5. The largest absolute Gasteiger partial charge is 1.00 e. The van der Waals surface area contributed by atoms with Crippen molar-refractivity contribution in [3.8, 4) is 11.5 Å². The van der Waals surface area contributed by atoms with E-state index in [1.165, 1.54) is 19.3 Å². The summed E-state index contributed by atoms with van der Waals surface area (Å²) in [4.78, 5) is 31.2. The van der Waals surface area contributed by atoms with E-state index in [-0.39, 0.29) is 23.9 Å². The molecule has 1 amide bonds. The van der Waals surface area contributed by atoms with E-state index < -0.39 is 0 Å². The smallest absolute Gasteiger partial charge is 0.518 e. The predicted molar refractivity (Wildman–Crippen MR) is 152 cm³/mol. The molecular weight excluding hydrogens is 530 g/mol. The number of rotatable bonds is 14. The van der Waals surface area contributed by atoms with Gasteiger partial charge in [-0.15, -0.1) is 0 Å². The van der Waals surface area contributed by atoms with Crippen molar-refractivity contribution in [2.24, 2.45) is 0 Å². The third kappa shape index (κ3) is 9.05. The van der Waals surface area contributed by atoms with Crippen LogP contribution in [0.5, 0.6) is 11.5 Å². The number of nitrogens with two attached hydrogens (primary N) is 1. The van der Waals surface area contributed by atoms with Crippen molar-refractivity contribution in [1.82, 2.24) is 9.88 Å². The van der Waals surface area contributed by atoms with E-state index in [9.17, 15) is 9.59 Å². The number of quaternary nitrogens is 1. The number of carbonyl (C=O) groups is 1. The number of carbonyl (C=O) groups excluding carboxylic acids is 1. The summed E-state index contributed by atoms with van der Waals surface area (Å²) in [6.45, 7) is 5.04. The molecule has 0 bridgehead atoms. The molecule has 2 N–H and O–H groups in total. The SMILES string of the molecule is CCCCCCC[NH2+]C(=O)Oc1cccc(CN(C)CCCOc2ccc3c(=O)c4cccnc4oc3c2)c1.[Cl-]. The second-order valence-corrected chi connectivity index (χ2v) is 9.86. The van der Waals surface area contributed by atoms with Crippen LogP contribution in [0, 0.1) is 0 Å². The minimum atomic E-state index is -0.287. The van der Waals surface area contributed by atoms with Gasteiger partial charge in [0, 0.05) is 25.4 Å². The number of hydrogen-bond donors (Lipinski definition) is 1. The Balaban J connectivity index is 0.00000441. The summed E-state index contributed by atoms with van der Waals surface area (Å²) >= 11 is 0. The molecule has 0 saturated heterocycles. The van der Waals surface area contributed by atoms with E-state index in [0.717, 1.165) is 44.5 Å². The lowest BCUT2D eigenvalue weighted by molar-refractivity contribution is -0.566. The van der Waals surface area contributed by atoms with Crippen LogP contribution in [0.3, 0.4) is 0 Å². The molecule has 2 aromatic heterocycles. The summed E-state index contributed by atoms with van der Waals surface area (Å²) < 4.78 is 17.2. The number of aromatic nitrogens is 1. The van der Waals surface area contributed by atoms with E-state index in [1.807, 2.05) is 31.3 Å². The van der Waals surface area contributed by atoms with Crippen molar-refractivity contribution in [2.45, 2.75) is 52.0 Å². The fourth-order valence-corrected chi connectivity index (χ4v) is 4.51. The molecule has 0 radical (unpaired) electrons. The number of primary amides is 1. The molecule has 0 atom stereocenters. The van der Waals surface area contributed by atoms with Crippen LogP contribution >= 0.6 is 0 Å². The predicted octanol–water partition coefficient (Wildman–Crippen LogP) is 2.28. The highest BCUT2D eigenvalue weighted by molar-refractivity contribution is 5.88. The highest BCUT2D eigenvalue weighted by Crippen LogP contribution is 2.22. The topological polar surface area (TPSA) is 98.5 Å². The second-order valence-electron chi connectivity index (χ2n) is 9.86. The molecule has 0 aliphatic heterocycles. The molecule has 2 aromatic carbocycles. The Morgan fingerprint density at radius 2 is 1.82 bits per heavy atom. The zero-order valence-corrected chi connectivity index (χ0v) is 24.0. The summed E-state index contributed by atoms with van der Waals surface area (Å²) in [7, 11) is 2.05. The van der Waals surface area contributed by atoms with E-state index in [2.05, 4.69) is 16.8 Å². The van der Waals surface area contributed by atoms with Crippen LogP contribution < -0.4 is 32.6 Å². The fraction of sp³-hybridized carbons (Fsp3) is 0.387. The third-order valence-corrected chi connectivity index (χ3v) is 6.56. The lowest BCUT2D eigenvalue weighted by Gasteiger charge is -2.17. The first-order valence-corrected chi connectivity index (χ1v) is 13.8. The van der Waals surface area contributed by atoms with Gasteiger partial charge in [0.1, 0.15) is 17.1 Å². The first-order chi connectivity index (χ1) is 19.0. The molecule has 0 unspecified atom stereocenters.